The lowest BCUT2D eigenvalue weighted by Crippen LogP contribution is -2.23. The van der Waals surface area contributed by atoms with E-state index in [4.69, 9.17) is 4.74 Å². The molecule has 4 rings (SSSR count). The van der Waals surface area contributed by atoms with Gasteiger partial charge in [-0.2, -0.15) is 0 Å². The van der Waals surface area contributed by atoms with Crippen LogP contribution in [0.4, 0.5) is 0 Å². The number of para-hydroxylation sites is 1. The van der Waals surface area contributed by atoms with Crippen molar-refractivity contribution in [1.82, 2.24) is 5.32 Å². The summed E-state index contributed by atoms with van der Waals surface area (Å²) >= 11 is 0. The lowest BCUT2D eigenvalue weighted by molar-refractivity contribution is 0.409. The highest BCUT2D eigenvalue weighted by atomic mass is 16.5. The smallest absolute Gasteiger partial charge is 0.122 e. The summed E-state index contributed by atoms with van der Waals surface area (Å²) in [6.07, 6.45) is 0.949. The summed E-state index contributed by atoms with van der Waals surface area (Å²) in [4.78, 5) is 0. The zero-order valence-electron chi connectivity index (χ0n) is 13.8. The molecule has 120 valence electrons. The Labute approximate surface area is 143 Å². The molecule has 0 heterocycles. The lowest BCUT2D eigenvalue weighted by atomic mass is 10.0. The van der Waals surface area contributed by atoms with Crippen LogP contribution in [0.5, 0.6) is 5.75 Å². The Kier molecular flexibility index (Phi) is 4.06. The molecular weight excluding hydrogens is 294 g/mol. The van der Waals surface area contributed by atoms with Gasteiger partial charge in [-0.25, -0.2) is 0 Å². The van der Waals surface area contributed by atoms with E-state index < -0.39 is 0 Å². The second kappa shape index (κ2) is 6.50. The van der Waals surface area contributed by atoms with Crippen LogP contribution in [-0.4, -0.2) is 13.7 Å². The highest BCUT2D eigenvalue weighted by Gasteiger charge is 2.27. The number of benzene rings is 3. The van der Waals surface area contributed by atoms with E-state index in [1.54, 1.807) is 7.11 Å². The van der Waals surface area contributed by atoms with Crippen molar-refractivity contribution < 1.29 is 4.74 Å². The molecule has 0 saturated heterocycles. The maximum Gasteiger partial charge on any atom is 0.122 e. The average molecular weight is 315 g/mol. The second-order valence-corrected chi connectivity index (χ2v) is 6.12. The third kappa shape index (κ3) is 2.59. The second-order valence-electron chi connectivity index (χ2n) is 6.12. The summed E-state index contributed by atoms with van der Waals surface area (Å²) in [5, 5.41) is 3.74. The molecule has 1 N–H and O–H groups in total. The van der Waals surface area contributed by atoms with E-state index >= 15 is 0 Å². The van der Waals surface area contributed by atoms with Gasteiger partial charge >= 0.3 is 0 Å². The molecule has 2 nitrogen and oxygen atoms in total. The minimum absolute atomic E-state index is 0.270. The number of rotatable bonds is 5. The Hall–Kier alpha value is -2.58. The van der Waals surface area contributed by atoms with Crippen molar-refractivity contribution in [1.29, 1.82) is 0 Å². The van der Waals surface area contributed by atoms with Crippen LogP contribution < -0.4 is 10.1 Å². The fraction of sp³-hybridized carbons (Fsp3) is 0.182. The van der Waals surface area contributed by atoms with Crippen molar-refractivity contribution in [2.45, 2.75) is 12.5 Å². The van der Waals surface area contributed by atoms with Crippen LogP contribution >= 0.6 is 0 Å². The van der Waals surface area contributed by atoms with E-state index in [1.165, 1.54) is 27.8 Å². The molecule has 24 heavy (non-hydrogen) atoms. The molecular formula is C22H21NO. The summed E-state index contributed by atoms with van der Waals surface area (Å²) in [7, 11) is 1.73. The van der Waals surface area contributed by atoms with Crippen molar-refractivity contribution in [3.63, 3.8) is 0 Å². The summed E-state index contributed by atoms with van der Waals surface area (Å²) in [6, 6.07) is 25.9. The van der Waals surface area contributed by atoms with Crippen LogP contribution in [0.3, 0.4) is 0 Å². The van der Waals surface area contributed by atoms with Crippen molar-refractivity contribution in [3.05, 3.63) is 89.5 Å². The van der Waals surface area contributed by atoms with Gasteiger partial charge in [0.15, 0.2) is 0 Å². The van der Waals surface area contributed by atoms with Crippen LogP contribution in [0.15, 0.2) is 72.8 Å². The van der Waals surface area contributed by atoms with Gasteiger partial charge in [-0.05, 0) is 40.3 Å². The lowest BCUT2D eigenvalue weighted by Gasteiger charge is -2.16. The molecule has 0 unspecified atom stereocenters. The van der Waals surface area contributed by atoms with Gasteiger partial charge in [0.05, 0.1) is 13.2 Å². The maximum absolute atomic E-state index is 5.45. The van der Waals surface area contributed by atoms with Gasteiger partial charge in [0.25, 0.3) is 0 Å². The highest BCUT2D eigenvalue weighted by Crippen LogP contribution is 2.42. The van der Waals surface area contributed by atoms with Gasteiger partial charge in [-0.3, -0.25) is 0 Å². The topological polar surface area (TPSA) is 21.3 Å². The van der Waals surface area contributed by atoms with Gasteiger partial charge in [-0.1, -0.05) is 66.7 Å². The van der Waals surface area contributed by atoms with Gasteiger partial charge < -0.3 is 10.1 Å². The summed E-state index contributed by atoms with van der Waals surface area (Å²) in [5.41, 5.74) is 6.69. The van der Waals surface area contributed by atoms with E-state index in [2.05, 4.69) is 66.0 Å². The molecule has 0 amide bonds. The number of methoxy groups -OCH3 is 1. The molecule has 0 aromatic heterocycles. The Morgan fingerprint density at radius 2 is 1.38 bits per heavy atom. The highest BCUT2D eigenvalue weighted by molar-refractivity contribution is 5.78. The standard InChI is InChI=1S/C22H21NO/c1-24-21-13-7-2-8-16(21)14-15-23-22-19-11-5-3-9-17(19)18-10-4-6-12-20(18)22/h2-13,22-23H,14-15H2,1H3. The van der Waals surface area contributed by atoms with E-state index in [0.717, 1.165) is 18.7 Å². The first-order chi connectivity index (χ1) is 11.9. The van der Waals surface area contributed by atoms with Crippen LogP contribution in [0.2, 0.25) is 0 Å². The van der Waals surface area contributed by atoms with Gasteiger partial charge in [0.1, 0.15) is 5.75 Å². The molecule has 0 bridgehead atoms. The first kappa shape index (κ1) is 15.0. The van der Waals surface area contributed by atoms with E-state index in [9.17, 15) is 0 Å². The number of hydrogen-bond acceptors (Lipinski definition) is 2. The summed E-state index contributed by atoms with van der Waals surface area (Å²) in [5.74, 6) is 0.964. The van der Waals surface area contributed by atoms with Gasteiger partial charge in [0, 0.05) is 6.54 Å². The van der Waals surface area contributed by atoms with Crippen molar-refractivity contribution in [3.8, 4) is 16.9 Å². The molecule has 0 atom stereocenters. The number of hydrogen-bond donors (Lipinski definition) is 1. The Morgan fingerprint density at radius 1 is 0.792 bits per heavy atom. The zero-order chi connectivity index (χ0) is 16.4. The minimum atomic E-state index is 0.270. The predicted octanol–water partition coefficient (Wildman–Crippen LogP) is 4.60. The Balaban J connectivity index is 1.55. The molecule has 1 aliphatic rings. The van der Waals surface area contributed by atoms with Crippen molar-refractivity contribution in [2.75, 3.05) is 13.7 Å². The molecule has 1 aliphatic carbocycles. The van der Waals surface area contributed by atoms with E-state index in [0.29, 0.717) is 0 Å². The molecule has 0 fully saturated rings. The first-order valence-electron chi connectivity index (χ1n) is 8.42. The fourth-order valence-electron chi connectivity index (χ4n) is 3.64. The molecule has 2 heteroatoms. The Morgan fingerprint density at radius 3 is 2.04 bits per heavy atom. The molecule has 0 saturated carbocycles. The van der Waals surface area contributed by atoms with Gasteiger partial charge in [-0.15, -0.1) is 0 Å². The monoisotopic (exact) mass is 315 g/mol. The normalized spacial score (nSPS) is 12.7. The van der Waals surface area contributed by atoms with Crippen molar-refractivity contribution >= 4 is 0 Å². The SMILES string of the molecule is COc1ccccc1CCNC1c2ccccc2-c2ccccc21. The van der Waals surface area contributed by atoms with E-state index in [-0.39, 0.29) is 6.04 Å². The molecule has 0 spiro atoms. The number of ether oxygens (including phenoxy) is 1. The zero-order valence-corrected chi connectivity index (χ0v) is 13.8. The summed E-state index contributed by atoms with van der Waals surface area (Å²) < 4.78 is 5.45. The minimum Gasteiger partial charge on any atom is -0.496 e. The van der Waals surface area contributed by atoms with Crippen LogP contribution in [0.25, 0.3) is 11.1 Å². The fourth-order valence-corrected chi connectivity index (χ4v) is 3.64. The van der Waals surface area contributed by atoms with Crippen LogP contribution in [0, 0.1) is 0 Å². The average Bonchev–Trinajstić information content (AvgIpc) is 2.97. The third-order valence-corrected chi connectivity index (χ3v) is 4.77. The molecule has 0 aliphatic heterocycles. The molecule has 0 radical (unpaired) electrons. The van der Waals surface area contributed by atoms with Crippen molar-refractivity contribution in [2.24, 2.45) is 0 Å². The predicted molar refractivity (Wildman–Crippen MR) is 98.4 cm³/mol. The van der Waals surface area contributed by atoms with E-state index in [1.807, 2.05) is 12.1 Å². The largest absolute Gasteiger partial charge is 0.496 e. The quantitative estimate of drug-likeness (QED) is 0.743. The van der Waals surface area contributed by atoms with Crippen LogP contribution in [0.1, 0.15) is 22.7 Å². The first-order valence-corrected chi connectivity index (χ1v) is 8.42. The number of nitrogens with one attached hydrogen (secondary N) is 1. The molecule has 3 aromatic rings. The summed E-state index contributed by atoms with van der Waals surface area (Å²) in [6.45, 7) is 0.910. The third-order valence-electron chi connectivity index (χ3n) is 4.77. The van der Waals surface area contributed by atoms with Crippen LogP contribution in [-0.2, 0) is 6.42 Å². The maximum atomic E-state index is 5.45. The Bertz CT molecular complexity index is 810. The molecule has 3 aromatic carbocycles. The van der Waals surface area contributed by atoms with Gasteiger partial charge in [0.2, 0.25) is 0 Å². The number of fused-ring (bicyclic) bond motifs is 3.